The van der Waals surface area contributed by atoms with Crippen molar-refractivity contribution in [3.05, 3.63) is 70.9 Å². The summed E-state index contributed by atoms with van der Waals surface area (Å²) in [5.74, 6) is -1.05. The first kappa shape index (κ1) is 30.2. The quantitative estimate of drug-likeness (QED) is 0.386. The number of rotatable bonds is 9. The van der Waals surface area contributed by atoms with Gasteiger partial charge in [-0.25, -0.2) is 36.3 Å². The summed E-state index contributed by atoms with van der Waals surface area (Å²) < 4.78 is 75.7. The fourth-order valence-corrected chi connectivity index (χ4v) is 6.18. The fraction of sp³-hybridized carbons (Fsp3) is 0.467. The van der Waals surface area contributed by atoms with Crippen molar-refractivity contribution in [2.45, 2.75) is 45.1 Å². The maximum atomic E-state index is 15.2. The summed E-state index contributed by atoms with van der Waals surface area (Å²) >= 11 is 0. The normalized spacial score (nSPS) is 16.5. The molecule has 1 aromatic heterocycles. The summed E-state index contributed by atoms with van der Waals surface area (Å²) in [4.78, 5) is 12.7. The van der Waals surface area contributed by atoms with Crippen molar-refractivity contribution < 1.29 is 26.3 Å². The van der Waals surface area contributed by atoms with Gasteiger partial charge in [-0.15, -0.1) is 0 Å². The first-order chi connectivity index (χ1) is 20.0. The van der Waals surface area contributed by atoms with E-state index in [0.717, 1.165) is 38.4 Å². The highest BCUT2D eigenvalue weighted by Gasteiger charge is 2.26. The maximum Gasteiger partial charge on any atom is 0.208 e. The molecule has 0 unspecified atom stereocenters. The molecule has 3 aromatic rings. The minimum atomic E-state index is -3.22. The Morgan fingerprint density at radius 2 is 1.81 bits per heavy atom. The number of sulfonamides is 1. The number of hydrogen-bond donors (Lipinski definition) is 1. The second kappa shape index (κ2) is 12.6. The van der Waals surface area contributed by atoms with Crippen molar-refractivity contribution in [2.24, 2.45) is 0 Å². The molecule has 0 bridgehead atoms. The number of hydrogen-bond acceptors (Lipinski definition) is 7. The minimum absolute atomic E-state index is 0.0217. The zero-order chi connectivity index (χ0) is 30.0. The van der Waals surface area contributed by atoms with Crippen LogP contribution in [0.25, 0.3) is 11.3 Å². The van der Waals surface area contributed by atoms with Crippen LogP contribution in [0.5, 0.6) is 5.75 Å². The van der Waals surface area contributed by atoms with E-state index in [4.69, 9.17) is 4.74 Å². The summed E-state index contributed by atoms with van der Waals surface area (Å²) in [6.07, 6.45) is 3.94. The predicted molar refractivity (Wildman–Crippen MR) is 156 cm³/mol. The first-order valence-corrected chi connectivity index (χ1v) is 16.1. The number of piperidine rings is 1. The minimum Gasteiger partial charge on any atom is -0.486 e. The summed E-state index contributed by atoms with van der Waals surface area (Å²) in [7, 11) is -3.22. The second-order valence-electron chi connectivity index (χ2n) is 11.2. The van der Waals surface area contributed by atoms with Gasteiger partial charge < -0.3 is 14.5 Å². The molecule has 0 amide bonds. The average molecular weight is 604 g/mol. The Bertz CT molecular complexity index is 1550. The molecule has 0 saturated carbocycles. The predicted octanol–water partition coefficient (Wildman–Crippen LogP) is 4.49. The van der Waals surface area contributed by atoms with E-state index < -0.39 is 21.7 Å². The van der Waals surface area contributed by atoms with Crippen LogP contribution in [0.2, 0.25) is 0 Å². The van der Waals surface area contributed by atoms with Gasteiger partial charge in [0.25, 0.3) is 0 Å². The van der Waals surface area contributed by atoms with Gasteiger partial charge in [-0.05, 0) is 75.0 Å². The van der Waals surface area contributed by atoms with Crippen molar-refractivity contribution >= 4 is 15.7 Å². The molecular weight excluding hydrogens is 567 g/mol. The number of ether oxygens (including phenoxy) is 1. The lowest BCUT2D eigenvalue weighted by atomic mass is 9.88. The molecule has 0 atom stereocenters. The number of nitrogens with zero attached hydrogens (tertiary/aromatic N) is 4. The second-order valence-corrected chi connectivity index (χ2v) is 13.1. The lowest BCUT2D eigenvalue weighted by Gasteiger charge is -2.34. The van der Waals surface area contributed by atoms with E-state index in [9.17, 15) is 12.8 Å². The maximum absolute atomic E-state index is 15.2. The molecule has 2 aromatic carbocycles. The molecule has 1 N–H and O–H groups in total. The molecule has 1 saturated heterocycles. The largest absolute Gasteiger partial charge is 0.486 e. The summed E-state index contributed by atoms with van der Waals surface area (Å²) in [6.45, 7) is 7.44. The van der Waals surface area contributed by atoms with Gasteiger partial charge in [0.2, 0.25) is 10.0 Å². The van der Waals surface area contributed by atoms with Crippen LogP contribution in [0.4, 0.5) is 18.9 Å². The van der Waals surface area contributed by atoms with Crippen LogP contribution in [0.3, 0.4) is 0 Å². The number of likely N-dealkylation sites (tertiary alicyclic amines) is 1. The Labute approximate surface area is 245 Å². The van der Waals surface area contributed by atoms with Gasteiger partial charge in [0.1, 0.15) is 23.9 Å². The van der Waals surface area contributed by atoms with Gasteiger partial charge in [0.05, 0.1) is 24.7 Å². The van der Waals surface area contributed by atoms with Gasteiger partial charge in [0.15, 0.2) is 17.4 Å². The van der Waals surface area contributed by atoms with Crippen LogP contribution in [-0.4, -0.2) is 74.9 Å². The molecule has 5 rings (SSSR count). The first-order valence-electron chi connectivity index (χ1n) is 14.2. The molecule has 0 spiro atoms. The number of aromatic nitrogens is 2. The zero-order valence-corrected chi connectivity index (χ0v) is 24.9. The fourth-order valence-electron chi connectivity index (χ4n) is 5.72. The molecule has 3 heterocycles. The van der Waals surface area contributed by atoms with Crippen LogP contribution in [0, 0.1) is 17.5 Å². The SMILES string of the molecule is CC(C)N1CCOc2c(F)cc(-c3nc(Cc4ccc(C5CCN(CCNS(C)(=O)=O)CC5)c(F)c4)ncc3F)cc21. The van der Waals surface area contributed by atoms with Gasteiger partial charge in [0, 0.05) is 31.1 Å². The third-order valence-corrected chi connectivity index (χ3v) is 8.58. The van der Waals surface area contributed by atoms with E-state index in [1.807, 2.05) is 24.8 Å². The molecule has 226 valence electrons. The molecule has 0 aliphatic carbocycles. The Balaban J connectivity index is 1.28. The van der Waals surface area contributed by atoms with E-state index in [2.05, 4.69) is 19.6 Å². The summed E-state index contributed by atoms with van der Waals surface area (Å²) in [6, 6.07) is 8.11. The molecular formula is C30H36F3N5O3S. The molecule has 1 fully saturated rings. The standard InChI is InChI=1S/C30H36F3N5O3S/c1-19(2)38-12-13-41-30-25(32)16-22(17-27(30)38)29-26(33)18-34-28(36-29)15-20-4-5-23(24(31)14-20)21-6-9-37(10-7-21)11-8-35-42(3,39)40/h4-5,14,16-19,21,35H,6-13,15H2,1-3H3. The highest BCUT2D eigenvalue weighted by molar-refractivity contribution is 7.88. The third kappa shape index (κ3) is 7.04. The number of anilines is 1. The number of nitrogens with one attached hydrogen (secondary N) is 1. The van der Waals surface area contributed by atoms with Gasteiger partial charge in [-0.2, -0.15) is 0 Å². The van der Waals surface area contributed by atoms with Crippen LogP contribution >= 0.6 is 0 Å². The molecule has 0 radical (unpaired) electrons. The van der Waals surface area contributed by atoms with Gasteiger partial charge >= 0.3 is 0 Å². The molecule has 2 aliphatic heterocycles. The summed E-state index contributed by atoms with van der Waals surface area (Å²) in [5.41, 5.74) is 2.11. The van der Waals surface area contributed by atoms with Gasteiger partial charge in [-0.3, -0.25) is 0 Å². The van der Waals surface area contributed by atoms with Crippen molar-refractivity contribution in [3.63, 3.8) is 0 Å². The number of benzene rings is 2. The van der Waals surface area contributed by atoms with Gasteiger partial charge in [-0.1, -0.05) is 12.1 Å². The molecule has 8 nitrogen and oxygen atoms in total. The lowest BCUT2D eigenvalue weighted by Crippen LogP contribution is -2.39. The van der Waals surface area contributed by atoms with Crippen LogP contribution < -0.4 is 14.4 Å². The highest BCUT2D eigenvalue weighted by Crippen LogP contribution is 2.39. The van der Waals surface area contributed by atoms with Crippen molar-refractivity contribution in [1.29, 1.82) is 0 Å². The Morgan fingerprint density at radius 1 is 1.05 bits per heavy atom. The van der Waals surface area contributed by atoms with Crippen molar-refractivity contribution in [1.82, 2.24) is 19.6 Å². The van der Waals surface area contributed by atoms with E-state index in [-0.39, 0.29) is 41.2 Å². The average Bonchev–Trinajstić information content (AvgIpc) is 2.93. The van der Waals surface area contributed by atoms with Crippen LogP contribution in [0.15, 0.2) is 36.5 Å². The number of halogens is 3. The van der Waals surface area contributed by atoms with E-state index >= 15 is 8.78 Å². The van der Waals surface area contributed by atoms with Crippen LogP contribution in [-0.2, 0) is 16.4 Å². The van der Waals surface area contributed by atoms with E-state index in [1.54, 1.807) is 12.1 Å². The topological polar surface area (TPSA) is 87.7 Å². The van der Waals surface area contributed by atoms with E-state index in [1.165, 1.54) is 12.1 Å². The molecule has 12 heteroatoms. The van der Waals surface area contributed by atoms with Crippen molar-refractivity contribution in [2.75, 3.05) is 50.5 Å². The third-order valence-electron chi connectivity index (χ3n) is 7.85. The lowest BCUT2D eigenvalue weighted by molar-refractivity contribution is 0.214. The van der Waals surface area contributed by atoms with E-state index in [0.29, 0.717) is 48.9 Å². The van der Waals surface area contributed by atoms with Crippen molar-refractivity contribution in [3.8, 4) is 17.0 Å². The zero-order valence-electron chi connectivity index (χ0n) is 24.0. The number of fused-ring (bicyclic) bond motifs is 1. The molecule has 42 heavy (non-hydrogen) atoms. The smallest absolute Gasteiger partial charge is 0.208 e. The highest BCUT2D eigenvalue weighted by atomic mass is 32.2. The molecule has 2 aliphatic rings. The Morgan fingerprint density at radius 3 is 2.50 bits per heavy atom. The Kier molecular flexibility index (Phi) is 9.05. The van der Waals surface area contributed by atoms with Crippen LogP contribution in [0.1, 0.15) is 49.6 Å². The summed E-state index contributed by atoms with van der Waals surface area (Å²) in [5, 5.41) is 0. The Hall–Kier alpha value is -3.22. The monoisotopic (exact) mass is 603 g/mol.